The van der Waals surface area contributed by atoms with Crippen molar-refractivity contribution in [3.63, 3.8) is 0 Å². The molecule has 2 atom stereocenters. The Hall–Kier alpha value is -2.12. The van der Waals surface area contributed by atoms with Gasteiger partial charge in [0.1, 0.15) is 6.54 Å². The summed E-state index contributed by atoms with van der Waals surface area (Å²) in [5.41, 5.74) is 1.23. The Labute approximate surface area is 171 Å². The third kappa shape index (κ3) is 5.94. The monoisotopic (exact) mass is 400 g/mol. The number of rotatable bonds is 9. The van der Waals surface area contributed by atoms with E-state index in [9.17, 15) is 4.79 Å². The first-order chi connectivity index (χ1) is 13.7. The van der Waals surface area contributed by atoms with Gasteiger partial charge in [-0.2, -0.15) is 0 Å². The third-order valence-electron chi connectivity index (χ3n) is 4.57. The Morgan fingerprint density at radius 2 is 2.14 bits per heavy atom. The minimum Gasteiger partial charge on any atom is -0.465 e. The Morgan fingerprint density at radius 3 is 2.89 bits per heavy atom. The van der Waals surface area contributed by atoms with Crippen molar-refractivity contribution in [3.8, 4) is 0 Å². The Bertz CT molecular complexity index is 732. The molecule has 1 aromatic carbocycles. The van der Waals surface area contributed by atoms with E-state index in [4.69, 9.17) is 4.74 Å². The second kappa shape index (κ2) is 10.4. The van der Waals surface area contributed by atoms with E-state index in [1.54, 1.807) is 11.9 Å². The smallest absolute Gasteiger partial charge is 0.321 e. The molecule has 0 fully saturated rings. The van der Waals surface area contributed by atoms with Gasteiger partial charge in [0.05, 0.1) is 25.0 Å². The van der Waals surface area contributed by atoms with Crippen molar-refractivity contribution in [1.82, 2.24) is 9.21 Å². The van der Waals surface area contributed by atoms with E-state index in [1.165, 1.54) is 5.56 Å². The maximum absolute atomic E-state index is 11.8. The van der Waals surface area contributed by atoms with Crippen LogP contribution in [0, 0.1) is 0 Å². The summed E-state index contributed by atoms with van der Waals surface area (Å²) < 4.78 is 7.13. The first kappa shape index (κ1) is 20.6. The molecule has 2 aliphatic heterocycles. The van der Waals surface area contributed by atoms with Crippen molar-refractivity contribution in [2.45, 2.75) is 50.2 Å². The third-order valence-corrected chi connectivity index (χ3v) is 5.63. The number of ether oxygens (including phenoxy) is 1. The van der Waals surface area contributed by atoms with Crippen LogP contribution in [-0.2, 0) is 16.1 Å². The molecule has 28 heavy (non-hydrogen) atoms. The van der Waals surface area contributed by atoms with E-state index in [-0.39, 0.29) is 18.1 Å². The molecular formula is C21H28N4O2S. The zero-order chi connectivity index (χ0) is 19.8. The normalized spacial score (nSPS) is 20.5. The lowest BCUT2D eigenvalue weighted by Gasteiger charge is -2.32. The van der Waals surface area contributed by atoms with Gasteiger partial charge in [0.2, 0.25) is 0 Å². The van der Waals surface area contributed by atoms with Gasteiger partial charge in [0.15, 0.2) is 0 Å². The summed E-state index contributed by atoms with van der Waals surface area (Å²) in [6.45, 7) is 6.30. The largest absolute Gasteiger partial charge is 0.465 e. The van der Waals surface area contributed by atoms with Gasteiger partial charge in [-0.05, 0) is 55.5 Å². The first-order valence-corrected chi connectivity index (χ1v) is 10.6. The van der Waals surface area contributed by atoms with E-state index in [2.05, 4.69) is 56.5 Å². The molecule has 0 N–H and O–H groups in total. The second-order valence-corrected chi connectivity index (χ2v) is 8.02. The minimum absolute atomic E-state index is 0.178. The highest BCUT2D eigenvalue weighted by Crippen LogP contribution is 2.24. The predicted octanol–water partition coefficient (Wildman–Crippen LogP) is 3.54. The number of esters is 1. The second-order valence-electron chi connectivity index (χ2n) is 6.85. The molecule has 0 saturated carbocycles. The van der Waals surface area contributed by atoms with Gasteiger partial charge in [-0.15, -0.1) is 0 Å². The van der Waals surface area contributed by atoms with E-state index < -0.39 is 0 Å². The van der Waals surface area contributed by atoms with Crippen LogP contribution in [0.2, 0.25) is 0 Å². The zero-order valence-electron chi connectivity index (χ0n) is 16.5. The summed E-state index contributed by atoms with van der Waals surface area (Å²) in [5, 5.41) is 0. The van der Waals surface area contributed by atoms with E-state index in [1.807, 2.05) is 25.7 Å². The lowest BCUT2D eigenvalue weighted by atomic mass is 10.1. The van der Waals surface area contributed by atoms with Crippen LogP contribution in [0.1, 0.15) is 32.3 Å². The van der Waals surface area contributed by atoms with Crippen molar-refractivity contribution in [3.05, 3.63) is 42.1 Å². The van der Waals surface area contributed by atoms with Crippen LogP contribution in [0.5, 0.6) is 0 Å². The topological polar surface area (TPSA) is 57.5 Å². The van der Waals surface area contributed by atoms with Crippen molar-refractivity contribution >= 4 is 30.5 Å². The zero-order valence-corrected chi connectivity index (χ0v) is 17.3. The van der Waals surface area contributed by atoms with Crippen molar-refractivity contribution in [2.75, 3.05) is 19.7 Å². The van der Waals surface area contributed by atoms with Crippen LogP contribution in [0.3, 0.4) is 0 Å². The molecule has 6 nitrogen and oxygen atoms in total. The highest BCUT2D eigenvalue weighted by atomic mass is 32.2. The number of fused-ring (bicyclic) bond motifs is 2. The summed E-state index contributed by atoms with van der Waals surface area (Å²) in [7, 11) is 0. The summed E-state index contributed by atoms with van der Waals surface area (Å²) in [5.74, 6) is -0.178. The molecule has 0 aliphatic carbocycles. The number of carbonyl (C=O) groups excluding carboxylic acids is 1. The van der Waals surface area contributed by atoms with E-state index >= 15 is 0 Å². The van der Waals surface area contributed by atoms with Gasteiger partial charge in [-0.25, -0.2) is 4.31 Å². The maximum atomic E-state index is 11.8. The number of hydrogen-bond donors (Lipinski definition) is 0. The fourth-order valence-corrected chi connectivity index (χ4v) is 4.20. The Morgan fingerprint density at radius 1 is 1.32 bits per heavy atom. The first-order valence-electron chi connectivity index (χ1n) is 9.84. The number of nitrogens with zero attached hydrogens (tertiary/aromatic N) is 4. The molecule has 1 aromatic rings. The van der Waals surface area contributed by atoms with Gasteiger partial charge in [0.25, 0.3) is 0 Å². The lowest BCUT2D eigenvalue weighted by molar-refractivity contribution is -0.143. The number of hydrogen-bond acceptors (Lipinski definition) is 7. The minimum atomic E-state index is -0.178. The van der Waals surface area contributed by atoms with Crippen LogP contribution in [0.25, 0.3) is 0 Å². The fraction of sp³-hybridized carbons (Fsp3) is 0.476. The Kier molecular flexibility index (Phi) is 7.68. The van der Waals surface area contributed by atoms with Gasteiger partial charge in [-0.3, -0.25) is 14.8 Å². The van der Waals surface area contributed by atoms with Crippen LogP contribution in [-0.4, -0.2) is 59.5 Å². The highest BCUT2D eigenvalue weighted by Gasteiger charge is 2.23. The number of benzene rings is 1. The molecule has 3 rings (SSSR count). The van der Waals surface area contributed by atoms with Crippen molar-refractivity contribution in [1.29, 1.82) is 0 Å². The molecule has 150 valence electrons. The SMILES string of the molecule is CCCN(CC(=O)OCC)Sc1ccc(CN2C=NC3C=CN=CC2C3)cc1. The van der Waals surface area contributed by atoms with Gasteiger partial charge in [-0.1, -0.05) is 19.1 Å². The van der Waals surface area contributed by atoms with Crippen LogP contribution < -0.4 is 0 Å². The summed E-state index contributed by atoms with van der Waals surface area (Å²) in [6.07, 6.45) is 9.81. The van der Waals surface area contributed by atoms with Crippen molar-refractivity contribution in [2.24, 2.45) is 9.98 Å². The predicted molar refractivity (Wildman–Crippen MR) is 115 cm³/mol. The Balaban J connectivity index is 1.58. The van der Waals surface area contributed by atoms with Gasteiger partial charge < -0.3 is 9.64 Å². The average molecular weight is 401 g/mol. The maximum Gasteiger partial charge on any atom is 0.321 e. The molecule has 0 amide bonds. The molecule has 2 bridgehead atoms. The molecule has 0 radical (unpaired) electrons. The van der Waals surface area contributed by atoms with Crippen LogP contribution in [0.15, 0.2) is 51.4 Å². The standard InChI is InChI=1S/C21H28N4O2S/c1-3-11-25(15-21(26)27-4-2)28-20-7-5-17(6-8-20)14-24-16-23-18-9-10-22-13-19(24)12-18/h5-10,13,16,18-19H,3-4,11-12,14-15H2,1-2H3. The van der Waals surface area contributed by atoms with Gasteiger partial charge >= 0.3 is 5.97 Å². The quantitative estimate of drug-likeness (QED) is 0.469. The molecule has 2 aliphatic rings. The van der Waals surface area contributed by atoms with Crippen LogP contribution >= 0.6 is 11.9 Å². The fourth-order valence-electron chi connectivity index (χ4n) is 3.20. The van der Waals surface area contributed by atoms with E-state index in [0.29, 0.717) is 13.2 Å². The number of carbonyl (C=O) groups is 1. The molecular weight excluding hydrogens is 372 g/mol. The summed E-state index contributed by atoms with van der Waals surface area (Å²) in [4.78, 5) is 24.1. The van der Waals surface area contributed by atoms with E-state index in [0.717, 1.165) is 30.8 Å². The molecule has 7 heteroatoms. The highest BCUT2D eigenvalue weighted by molar-refractivity contribution is 7.97. The lowest BCUT2D eigenvalue weighted by Crippen LogP contribution is -2.40. The summed E-state index contributed by atoms with van der Waals surface area (Å²) in [6, 6.07) is 9.04. The molecule has 0 saturated heterocycles. The van der Waals surface area contributed by atoms with Crippen molar-refractivity contribution < 1.29 is 9.53 Å². The summed E-state index contributed by atoms with van der Waals surface area (Å²) >= 11 is 1.60. The van der Waals surface area contributed by atoms with Gasteiger partial charge in [0, 0.05) is 30.4 Å². The average Bonchev–Trinajstić information content (AvgIpc) is 2.88. The van der Waals surface area contributed by atoms with Crippen LogP contribution in [0.4, 0.5) is 0 Å². The molecule has 2 heterocycles. The molecule has 0 spiro atoms. The number of aliphatic imine (C=N–C) groups is 2. The molecule has 0 aromatic heterocycles. The molecule has 2 unspecified atom stereocenters.